The van der Waals surface area contributed by atoms with Crippen LogP contribution in [-0.2, 0) is 4.79 Å². The van der Waals surface area contributed by atoms with Crippen molar-refractivity contribution >= 4 is 12.0 Å². The molecule has 0 aromatic carbocycles. The number of carboxylic acids is 1. The van der Waals surface area contributed by atoms with Gasteiger partial charge in [-0.1, -0.05) is 19.8 Å². The van der Waals surface area contributed by atoms with Gasteiger partial charge in [-0.25, -0.2) is 4.79 Å². The van der Waals surface area contributed by atoms with E-state index in [1.54, 1.807) is 0 Å². The highest BCUT2D eigenvalue weighted by molar-refractivity contribution is 5.77. The topological polar surface area (TPSA) is 78.4 Å². The predicted molar refractivity (Wildman–Crippen MR) is 71.9 cm³/mol. The van der Waals surface area contributed by atoms with Gasteiger partial charge in [-0.05, 0) is 37.5 Å². The van der Waals surface area contributed by atoms with Crippen molar-refractivity contribution in [2.45, 2.75) is 57.4 Å². The molecule has 2 amide bonds. The standard InChI is InChI=1S/C14H24N2O3/c1-10-4-2-5-11(10)9-15-13(19)16-14(6-3-7-14)8-12(17)18/h10-11H,2-9H2,1H3,(H,17,18)(H2,15,16,19). The van der Waals surface area contributed by atoms with Crippen LogP contribution in [0, 0.1) is 11.8 Å². The SMILES string of the molecule is CC1CCCC1CNC(=O)NC1(CC(=O)O)CCC1. The Hall–Kier alpha value is -1.26. The number of hydrogen-bond donors (Lipinski definition) is 3. The van der Waals surface area contributed by atoms with E-state index in [0.29, 0.717) is 18.4 Å². The quantitative estimate of drug-likeness (QED) is 0.714. The van der Waals surface area contributed by atoms with Crippen molar-refractivity contribution in [3.63, 3.8) is 0 Å². The van der Waals surface area contributed by atoms with Crippen molar-refractivity contribution < 1.29 is 14.7 Å². The predicted octanol–water partition coefficient (Wildman–Crippen LogP) is 2.12. The van der Waals surface area contributed by atoms with Crippen LogP contribution in [0.15, 0.2) is 0 Å². The van der Waals surface area contributed by atoms with Crippen molar-refractivity contribution in [1.82, 2.24) is 10.6 Å². The fourth-order valence-electron chi connectivity index (χ4n) is 3.27. The van der Waals surface area contributed by atoms with E-state index in [0.717, 1.165) is 19.3 Å². The number of rotatable bonds is 5. The first-order valence-electron chi connectivity index (χ1n) is 7.29. The Bertz CT molecular complexity index is 353. The van der Waals surface area contributed by atoms with Gasteiger partial charge >= 0.3 is 12.0 Å². The van der Waals surface area contributed by atoms with E-state index >= 15 is 0 Å². The molecule has 3 N–H and O–H groups in total. The van der Waals surface area contributed by atoms with Crippen molar-refractivity contribution in [3.8, 4) is 0 Å². The Morgan fingerprint density at radius 1 is 1.26 bits per heavy atom. The van der Waals surface area contributed by atoms with Crippen LogP contribution in [0.1, 0.15) is 51.9 Å². The van der Waals surface area contributed by atoms with Gasteiger partial charge in [-0.15, -0.1) is 0 Å². The largest absolute Gasteiger partial charge is 0.481 e. The second-order valence-electron chi connectivity index (χ2n) is 6.21. The van der Waals surface area contributed by atoms with E-state index in [4.69, 9.17) is 5.11 Å². The van der Waals surface area contributed by atoms with Gasteiger partial charge in [0.2, 0.25) is 0 Å². The maximum absolute atomic E-state index is 11.9. The Balaban J connectivity index is 1.75. The van der Waals surface area contributed by atoms with Crippen molar-refractivity contribution in [2.75, 3.05) is 6.54 Å². The fourth-order valence-corrected chi connectivity index (χ4v) is 3.27. The highest BCUT2D eigenvalue weighted by atomic mass is 16.4. The summed E-state index contributed by atoms with van der Waals surface area (Å²) in [6.45, 7) is 2.94. The molecule has 0 saturated heterocycles. The Labute approximate surface area is 114 Å². The Morgan fingerprint density at radius 2 is 2.00 bits per heavy atom. The summed E-state index contributed by atoms with van der Waals surface area (Å²) in [5, 5.41) is 14.7. The molecule has 19 heavy (non-hydrogen) atoms. The summed E-state index contributed by atoms with van der Waals surface area (Å²) in [6, 6.07) is -0.208. The van der Waals surface area contributed by atoms with Crippen LogP contribution in [0.2, 0.25) is 0 Å². The van der Waals surface area contributed by atoms with Crippen LogP contribution < -0.4 is 10.6 Å². The minimum absolute atomic E-state index is 0.0280. The molecule has 2 rings (SSSR count). The molecule has 2 atom stereocenters. The summed E-state index contributed by atoms with van der Waals surface area (Å²) in [5.74, 6) is 0.406. The number of nitrogens with one attached hydrogen (secondary N) is 2. The maximum atomic E-state index is 11.9. The van der Waals surface area contributed by atoms with Crippen LogP contribution in [0.25, 0.3) is 0 Å². The molecule has 0 bridgehead atoms. The molecule has 0 radical (unpaired) electrons. The van der Waals surface area contributed by atoms with Gasteiger partial charge in [-0.3, -0.25) is 4.79 Å². The average molecular weight is 268 g/mol. The minimum atomic E-state index is -0.843. The van der Waals surface area contributed by atoms with E-state index in [1.165, 1.54) is 19.3 Å². The van der Waals surface area contributed by atoms with Gasteiger partial charge in [0.05, 0.1) is 12.0 Å². The molecule has 2 aliphatic carbocycles. The van der Waals surface area contributed by atoms with Crippen molar-refractivity contribution in [2.24, 2.45) is 11.8 Å². The van der Waals surface area contributed by atoms with E-state index in [9.17, 15) is 9.59 Å². The van der Waals surface area contributed by atoms with E-state index in [-0.39, 0.29) is 12.5 Å². The summed E-state index contributed by atoms with van der Waals surface area (Å²) in [6.07, 6.45) is 6.24. The normalized spacial score (nSPS) is 28.5. The van der Waals surface area contributed by atoms with Gasteiger partial charge in [0.1, 0.15) is 0 Å². The average Bonchev–Trinajstić information content (AvgIpc) is 2.68. The highest BCUT2D eigenvalue weighted by Gasteiger charge is 2.40. The van der Waals surface area contributed by atoms with E-state index in [1.807, 2.05) is 0 Å². The summed E-state index contributed by atoms with van der Waals surface area (Å²) < 4.78 is 0. The number of aliphatic carboxylic acids is 1. The fraction of sp³-hybridized carbons (Fsp3) is 0.857. The van der Waals surface area contributed by atoms with Crippen LogP contribution >= 0.6 is 0 Å². The molecular weight excluding hydrogens is 244 g/mol. The first kappa shape index (κ1) is 14.2. The Kier molecular flexibility index (Phi) is 4.32. The van der Waals surface area contributed by atoms with Gasteiger partial charge in [0.15, 0.2) is 0 Å². The van der Waals surface area contributed by atoms with Crippen LogP contribution in [-0.4, -0.2) is 29.2 Å². The van der Waals surface area contributed by atoms with Gasteiger partial charge < -0.3 is 15.7 Å². The molecule has 2 saturated carbocycles. The van der Waals surface area contributed by atoms with Crippen molar-refractivity contribution in [1.29, 1.82) is 0 Å². The molecule has 5 heteroatoms. The monoisotopic (exact) mass is 268 g/mol. The zero-order valence-electron chi connectivity index (χ0n) is 11.6. The lowest BCUT2D eigenvalue weighted by Gasteiger charge is -2.41. The molecule has 2 aliphatic rings. The maximum Gasteiger partial charge on any atom is 0.315 e. The summed E-state index contributed by atoms with van der Waals surface area (Å²) in [7, 11) is 0. The molecule has 0 aromatic heterocycles. The molecule has 5 nitrogen and oxygen atoms in total. The molecule has 0 heterocycles. The number of carboxylic acid groups (broad SMARTS) is 1. The number of hydrogen-bond acceptors (Lipinski definition) is 2. The molecular formula is C14H24N2O3. The molecule has 0 aromatic rings. The van der Waals surface area contributed by atoms with E-state index < -0.39 is 11.5 Å². The Morgan fingerprint density at radius 3 is 2.47 bits per heavy atom. The third-order valence-corrected chi connectivity index (χ3v) is 4.74. The summed E-state index contributed by atoms with van der Waals surface area (Å²) >= 11 is 0. The zero-order valence-corrected chi connectivity index (χ0v) is 11.6. The van der Waals surface area contributed by atoms with E-state index in [2.05, 4.69) is 17.6 Å². The summed E-state index contributed by atoms with van der Waals surface area (Å²) in [4.78, 5) is 22.7. The lowest BCUT2D eigenvalue weighted by atomic mass is 9.74. The lowest BCUT2D eigenvalue weighted by Crippen LogP contribution is -2.57. The molecule has 0 spiro atoms. The first-order chi connectivity index (χ1) is 9.01. The number of carbonyl (C=O) groups excluding carboxylic acids is 1. The van der Waals surface area contributed by atoms with Crippen LogP contribution in [0.5, 0.6) is 0 Å². The molecule has 0 aliphatic heterocycles. The number of amides is 2. The highest BCUT2D eigenvalue weighted by Crippen LogP contribution is 2.35. The van der Waals surface area contributed by atoms with Crippen LogP contribution in [0.3, 0.4) is 0 Å². The number of carbonyl (C=O) groups is 2. The third kappa shape index (κ3) is 3.61. The third-order valence-electron chi connectivity index (χ3n) is 4.74. The molecule has 2 unspecified atom stereocenters. The molecule has 2 fully saturated rings. The molecule has 108 valence electrons. The van der Waals surface area contributed by atoms with Gasteiger partial charge in [-0.2, -0.15) is 0 Å². The zero-order chi connectivity index (χ0) is 13.9. The first-order valence-corrected chi connectivity index (χ1v) is 7.29. The van der Waals surface area contributed by atoms with Crippen LogP contribution in [0.4, 0.5) is 4.79 Å². The summed E-state index contributed by atoms with van der Waals surface area (Å²) in [5.41, 5.74) is -0.503. The lowest BCUT2D eigenvalue weighted by molar-refractivity contribution is -0.139. The van der Waals surface area contributed by atoms with Gasteiger partial charge in [0.25, 0.3) is 0 Å². The van der Waals surface area contributed by atoms with Crippen molar-refractivity contribution in [3.05, 3.63) is 0 Å². The smallest absolute Gasteiger partial charge is 0.315 e. The minimum Gasteiger partial charge on any atom is -0.481 e. The number of urea groups is 1. The van der Waals surface area contributed by atoms with Gasteiger partial charge in [0, 0.05) is 6.54 Å². The second-order valence-corrected chi connectivity index (χ2v) is 6.21. The second kappa shape index (κ2) is 5.80.